The van der Waals surface area contributed by atoms with E-state index in [1.807, 2.05) is 31.2 Å². The van der Waals surface area contributed by atoms with Crippen LogP contribution in [-0.4, -0.2) is 17.1 Å². The number of methoxy groups -OCH3 is 1. The molecule has 0 N–H and O–H groups in total. The van der Waals surface area contributed by atoms with Crippen molar-refractivity contribution in [1.29, 1.82) is 0 Å². The molecule has 1 aromatic carbocycles. The summed E-state index contributed by atoms with van der Waals surface area (Å²) in [6.07, 6.45) is 0. The van der Waals surface area contributed by atoms with Crippen molar-refractivity contribution in [2.75, 3.05) is 7.11 Å². The molecule has 0 amide bonds. The molecule has 3 aromatic rings. The maximum Gasteiger partial charge on any atom is 0.171 e. The predicted molar refractivity (Wildman–Crippen MR) is 74.1 cm³/mol. The molecule has 3 nitrogen and oxygen atoms in total. The van der Waals surface area contributed by atoms with Crippen molar-refractivity contribution in [2.24, 2.45) is 0 Å². The average Bonchev–Trinajstić information content (AvgIpc) is 2.81. The van der Waals surface area contributed by atoms with E-state index in [9.17, 15) is 0 Å². The molecule has 2 aromatic heterocycles. The lowest BCUT2D eigenvalue weighted by Crippen LogP contribution is -1.90. The van der Waals surface area contributed by atoms with Gasteiger partial charge in [-0.15, -0.1) is 11.3 Å². The first kappa shape index (κ1) is 11.2. The van der Waals surface area contributed by atoms with E-state index < -0.39 is 0 Å². The number of hydrogen-bond donors (Lipinski definition) is 0. The minimum absolute atomic E-state index is 0.789. The Morgan fingerprint density at radius 1 is 1.11 bits per heavy atom. The summed E-state index contributed by atoms with van der Waals surface area (Å²) in [5.74, 6) is 0.811. The number of benzene rings is 1. The van der Waals surface area contributed by atoms with Gasteiger partial charge in [0.15, 0.2) is 5.65 Å². The number of rotatable bonds is 2. The number of aromatic nitrogens is 2. The van der Waals surface area contributed by atoms with Crippen molar-refractivity contribution in [3.8, 4) is 16.3 Å². The molecule has 0 saturated carbocycles. The van der Waals surface area contributed by atoms with Crippen molar-refractivity contribution in [3.63, 3.8) is 0 Å². The highest BCUT2D eigenvalue weighted by Crippen LogP contribution is 2.32. The lowest BCUT2D eigenvalue weighted by atomic mass is 10.2. The first-order valence-corrected chi connectivity index (χ1v) is 6.47. The van der Waals surface area contributed by atoms with E-state index in [-0.39, 0.29) is 0 Å². The Bertz CT molecular complexity index is 692. The molecule has 0 bridgehead atoms. The van der Waals surface area contributed by atoms with Gasteiger partial charge in [0.05, 0.1) is 17.5 Å². The van der Waals surface area contributed by atoms with Crippen LogP contribution in [0, 0.1) is 6.92 Å². The van der Waals surface area contributed by atoms with E-state index in [0.717, 1.165) is 32.4 Å². The molecule has 90 valence electrons. The topological polar surface area (TPSA) is 35.0 Å². The Hall–Kier alpha value is -1.94. The SMILES string of the molecule is COc1cc2sc(-c3ccccc3)nc2nc1C. The first-order valence-electron chi connectivity index (χ1n) is 5.65. The molecule has 0 aliphatic rings. The molecular weight excluding hydrogens is 244 g/mol. The van der Waals surface area contributed by atoms with Crippen molar-refractivity contribution in [2.45, 2.75) is 6.92 Å². The lowest BCUT2D eigenvalue weighted by Gasteiger charge is -2.01. The fourth-order valence-corrected chi connectivity index (χ4v) is 2.79. The minimum atomic E-state index is 0.789. The van der Waals surface area contributed by atoms with Crippen LogP contribution < -0.4 is 4.74 Å². The number of aryl methyl sites for hydroxylation is 1. The van der Waals surface area contributed by atoms with E-state index >= 15 is 0 Å². The molecule has 2 heterocycles. The summed E-state index contributed by atoms with van der Waals surface area (Å²) in [6.45, 7) is 1.93. The van der Waals surface area contributed by atoms with Gasteiger partial charge in [0.1, 0.15) is 10.8 Å². The molecule has 0 aliphatic carbocycles. The van der Waals surface area contributed by atoms with Crippen molar-refractivity contribution in [3.05, 3.63) is 42.1 Å². The number of ether oxygens (including phenoxy) is 1. The highest BCUT2D eigenvalue weighted by molar-refractivity contribution is 7.21. The fourth-order valence-electron chi connectivity index (χ4n) is 1.85. The van der Waals surface area contributed by atoms with Gasteiger partial charge in [-0.05, 0) is 6.92 Å². The highest BCUT2D eigenvalue weighted by atomic mass is 32.1. The maximum absolute atomic E-state index is 5.28. The Labute approximate surface area is 109 Å². The number of nitrogens with zero attached hydrogens (tertiary/aromatic N) is 2. The third kappa shape index (κ3) is 1.84. The van der Waals surface area contributed by atoms with Gasteiger partial charge < -0.3 is 4.74 Å². The Balaban J connectivity index is 2.17. The summed E-state index contributed by atoms with van der Waals surface area (Å²) in [4.78, 5) is 9.04. The maximum atomic E-state index is 5.28. The van der Waals surface area contributed by atoms with Crippen LogP contribution in [0.4, 0.5) is 0 Å². The Morgan fingerprint density at radius 2 is 1.89 bits per heavy atom. The summed E-state index contributed by atoms with van der Waals surface area (Å²) >= 11 is 1.63. The predicted octanol–water partition coefficient (Wildman–Crippen LogP) is 3.68. The molecule has 4 heteroatoms. The summed E-state index contributed by atoms with van der Waals surface area (Å²) in [7, 11) is 1.66. The van der Waals surface area contributed by atoms with Crippen LogP contribution in [0.25, 0.3) is 20.9 Å². The van der Waals surface area contributed by atoms with Crippen LogP contribution in [0.3, 0.4) is 0 Å². The van der Waals surface area contributed by atoms with Gasteiger partial charge in [-0.3, -0.25) is 0 Å². The van der Waals surface area contributed by atoms with Crippen LogP contribution in [-0.2, 0) is 0 Å². The summed E-state index contributed by atoms with van der Waals surface area (Å²) in [6, 6.07) is 12.1. The van der Waals surface area contributed by atoms with Crippen LogP contribution in [0.1, 0.15) is 5.69 Å². The first-order chi connectivity index (χ1) is 8.78. The molecule has 0 unspecified atom stereocenters. The van der Waals surface area contributed by atoms with Crippen LogP contribution in [0.5, 0.6) is 5.75 Å². The van der Waals surface area contributed by atoms with Gasteiger partial charge >= 0.3 is 0 Å². The molecular formula is C14H12N2OS. The summed E-state index contributed by atoms with van der Waals surface area (Å²) in [5, 5.41) is 0.991. The molecule has 18 heavy (non-hydrogen) atoms. The standard InChI is InChI=1S/C14H12N2OS/c1-9-11(17-2)8-12-13(15-9)16-14(18-12)10-6-4-3-5-7-10/h3-8H,1-2H3. The van der Waals surface area contributed by atoms with Gasteiger partial charge in [0, 0.05) is 11.6 Å². The zero-order valence-electron chi connectivity index (χ0n) is 10.2. The number of hydrogen-bond acceptors (Lipinski definition) is 4. The number of pyridine rings is 1. The normalized spacial score (nSPS) is 10.8. The minimum Gasteiger partial charge on any atom is -0.495 e. The van der Waals surface area contributed by atoms with Gasteiger partial charge in [-0.25, -0.2) is 9.97 Å². The van der Waals surface area contributed by atoms with Crippen molar-refractivity contribution in [1.82, 2.24) is 9.97 Å². The van der Waals surface area contributed by atoms with Crippen LogP contribution >= 0.6 is 11.3 Å². The number of thiazole rings is 1. The number of fused-ring (bicyclic) bond motifs is 1. The largest absolute Gasteiger partial charge is 0.495 e. The van der Waals surface area contributed by atoms with Gasteiger partial charge in [0.2, 0.25) is 0 Å². The molecule has 0 saturated heterocycles. The van der Waals surface area contributed by atoms with Crippen molar-refractivity contribution < 1.29 is 4.74 Å². The van der Waals surface area contributed by atoms with Crippen molar-refractivity contribution >= 4 is 21.7 Å². The quantitative estimate of drug-likeness (QED) is 0.701. The van der Waals surface area contributed by atoms with E-state index in [1.165, 1.54) is 0 Å². The second kappa shape index (κ2) is 4.38. The molecule has 0 radical (unpaired) electrons. The Morgan fingerprint density at radius 3 is 2.61 bits per heavy atom. The molecule has 3 rings (SSSR count). The van der Waals surface area contributed by atoms with Gasteiger partial charge in [0.25, 0.3) is 0 Å². The molecule has 0 fully saturated rings. The monoisotopic (exact) mass is 256 g/mol. The van der Waals surface area contributed by atoms with Gasteiger partial charge in [-0.2, -0.15) is 0 Å². The summed E-state index contributed by atoms with van der Waals surface area (Å²) < 4.78 is 6.34. The van der Waals surface area contributed by atoms with E-state index in [1.54, 1.807) is 18.4 Å². The molecule has 0 aliphatic heterocycles. The molecule has 0 atom stereocenters. The summed E-state index contributed by atoms with van der Waals surface area (Å²) in [5.41, 5.74) is 2.78. The second-order valence-corrected chi connectivity index (χ2v) is 5.01. The third-order valence-corrected chi connectivity index (χ3v) is 3.81. The zero-order valence-corrected chi connectivity index (χ0v) is 11.0. The third-order valence-electron chi connectivity index (χ3n) is 2.77. The smallest absolute Gasteiger partial charge is 0.171 e. The van der Waals surface area contributed by atoms with E-state index in [0.29, 0.717) is 0 Å². The van der Waals surface area contributed by atoms with Crippen LogP contribution in [0.2, 0.25) is 0 Å². The fraction of sp³-hybridized carbons (Fsp3) is 0.143. The Kier molecular flexibility index (Phi) is 2.72. The highest BCUT2D eigenvalue weighted by Gasteiger charge is 2.10. The van der Waals surface area contributed by atoms with Crippen LogP contribution in [0.15, 0.2) is 36.4 Å². The van der Waals surface area contributed by atoms with E-state index in [4.69, 9.17) is 4.74 Å². The molecule has 0 spiro atoms. The average molecular weight is 256 g/mol. The lowest BCUT2D eigenvalue weighted by molar-refractivity contribution is 0.410. The van der Waals surface area contributed by atoms with E-state index in [2.05, 4.69) is 22.1 Å². The zero-order chi connectivity index (χ0) is 12.5. The van der Waals surface area contributed by atoms with Gasteiger partial charge in [-0.1, -0.05) is 30.3 Å². The second-order valence-electron chi connectivity index (χ2n) is 3.98.